The van der Waals surface area contributed by atoms with Crippen molar-refractivity contribution in [2.45, 2.75) is 19.5 Å². The molecule has 5 rings (SSSR count). The SMILES string of the molecule is CCOc1ccc(C2c3c(oc4ccc(Br)cc4c3=O)C(=O)N2Cc2ccc(F)cc2)cc1. The van der Waals surface area contributed by atoms with Crippen LogP contribution in [0.2, 0.25) is 0 Å². The lowest BCUT2D eigenvalue weighted by Gasteiger charge is -2.25. The topological polar surface area (TPSA) is 59.8 Å². The Kier molecular flexibility index (Phi) is 5.50. The summed E-state index contributed by atoms with van der Waals surface area (Å²) in [6.45, 7) is 2.63. The molecule has 0 radical (unpaired) electrons. The highest BCUT2D eigenvalue weighted by Crippen LogP contribution is 2.39. The predicted molar refractivity (Wildman–Crippen MR) is 126 cm³/mol. The third-order valence-corrected chi connectivity index (χ3v) is 6.19. The van der Waals surface area contributed by atoms with E-state index < -0.39 is 6.04 Å². The van der Waals surface area contributed by atoms with E-state index in [1.165, 1.54) is 12.1 Å². The molecule has 1 aliphatic heterocycles. The smallest absolute Gasteiger partial charge is 0.291 e. The van der Waals surface area contributed by atoms with Crippen LogP contribution in [0.3, 0.4) is 0 Å². The van der Waals surface area contributed by atoms with Crippen LogP contribution in [0.4, 0.5) is 4.39 Å². The molecule has 3 aromatic carbocycles. The van der Waals surface area contributed by atoms with Crippen LogP contribution in [-0.4, -0.2) is 17.4 Å². The Balaban J connectivity index is 1.68. The third kappa shape index (κ3) is 3.82. The van der Waals surface area contributed by atoms with Gasteiger partial charge in [-0.1, -0.05) is 40.2 Å². The highest BCUT2D eigenvalue weighted by atomic mass is 79.9. The van der Waals surface area contributed by atoms with Gasteiger partial charge in [-0.15, -0.1) is 0 Å². The number of ether oxygens (including phenoxy) is 1. The highest BCUT2D eigenvalue weighted by Gasteiger charge is 2.42. The molecule has 1 amide bonds. The molecule has 0 bridgehead atoms. The highest BCUT2D eigenvalue weighted by molar-refractivity contribution is 9.10. The van der Waals surface area contributed by atoms with E-state index in [0.717, 1.165) is 15.6 Å². The zero-order valence-corrected chi connectivity index (χ0v) is 19.3. The molecule has 0 saturated heterocycles. The first-order valence-electron chi connectivity index (χ1n) is 10.5. The fourth-order valence-electron chi connectivity index (χ4n) is 4.20. The number of rotatable bonds is 5. The number of carbonyl (C=O) groups excluding carboxylic acids is 1. The van der Waals surface area contributed by atoms with Crippen LogP contribution in [0.15, 0.2) is 80.4 Å². The van der Waals surface area contributed by atoms with E-state index in [0.29, 0.717) is 28.9 Å². The molecule has 1 unspecified atom stereocenters. The third-order valence-electron chi connectivity index (χ3n) is 5.70. The van der Waals surface area contributed by atoms with Crippen LogP contribution in [0.1, 0.15) is 40.2 Å². The maximum atomic E-state index is 13.6. The number of halogens is 2. The Morgan fingerprint density at radius 2 is 1.76 bits per heavy atom. The van der Waals surface area contributed by atoms with Crippen molar-refractivity contribution in [1.29, 1.82) is 0 Å². The molecule has 2 heterocycles. The van der Waals surface area contributed by atoms with E-state index in [1.54, 1.807) is 35.2 Å². The van der Waals surface area contributed by atoms with Crippen molar-refractivity contribution >= 4 is 32.8 Å². The van der Waals surface area contributed by atoms with Gasteiger partial charge in [0.15, 0.2) is 5.43 Å². The van der Waals surface area contributed by atoms with Crippen LogP contribution in [0.5, 0.6) is 5.75 Å². The first-order chi connectivity index (χ1) is 16.0. The molecular formula is C26H19BrFNO4. The lowest BCUT2D eigenvalue weighted by Crippen LogP contribution is -2.29. The Morgan fingerprint density at radius 3 is 2.45 bits per heavy atom. The number of carbonyl (C=O) groups is 1. The summed E-state index contributed by atoms with van der Waals surface area (Å²) in [6.07, 6.45) is 0. The summed E-state index contributed by atoms with van der Waals surface area (Å²) in [5, 5.41) is 0.399. The number of fused-ring (bicyclic) bond motifs is 2. The quantitative estimate of drug-likeness (QED) is 0.340. The monoisotopic (exact) mass is 507 g/mol. The number of hydrogen-bond donors (Lipinski definition) is 0. The summed E-state index contributed by atoms with van der Waals surface area (Å²) < 4.78 is 25.7. The second-order valence-electron chi connectivity index (χ2n) is 7.78. The standard InChI is InChI=1S/C26H19BrFNO4/c1-2-32-19-10-5-16(6-11-19)23-22-24(30)20-13-17(27)7-12-21(20)33-25(22)26(31)29(23)14-15-3-8-18(28)9-4-15/h3-13,23H,2,14H2,1H3. The van der Waals surface area contributed by atoms with Crippen LogP contribution in [-0.2, 0) is 6.54 Å². The molecule has 7 heteroatoms. The summed E-state index contributed by atoms with van der Waals surface area (Å²) in [5.74, 6) is 0.00261. The van der Waals surface area contributed by atoms with Gasteiger partial charge in [-0.25, -0.2) is 4.39 Å². The summed E-state index contributed by atoms with van der Waals surface area (Å²) in [6, 6.07) is 17.8. The van der Waals surface area contributed by atoms with Crippen molar-refractivity contribution in [2.24, 2.45) is 0 Å². The zero-order chi connectivity index (χ0) is 23.1. The Hall–Kier alpha value is -3.45. The number of benzene rings is 3. The van der Waals surface area contributed by atoms with Crippen molar-refractivity contribution in [3.63, 3.8) is 0 Å². The summed E-state index contributed by atoms with van der Waals surface area (Å²) in [7, 11) is 0. The first-order valence-corrected chi connectivity index (χ1v) is 11.3. The van der Waals surface area contributed by atoms with Crippen molar-refractivity contribution in [3.05, 3.63) is 110 Å². The predicted octanol–water partition coefficient (Wildman–Crippen LogP) is 5.84. The Labute approximate surface area is 197 Å². The van der Waals surface area contributed by atoms with Gasteiger partial charge in [-0.2, -0.15) is 0 Å². The molecule has 33 heavy (non-hydrogen) atoms. The average molecular weight is 508 g/mol. The lowest BCUT2D eigenvalue weighted by molar-refractivity contribution is 0.0714. The summed E-state index contributed by atoms with van der Waals surface area (Å²) in [5.41, 5.74) is 1.91. The van der Waals surface area contributed by atoms with E-state index in [1.807, 2.05) is 31.2 Å². The molecule has 1 aromatic heterocycles. The minimum atomic E-state index is -0.645. The van der Waals surface area contributed by atoms with Gasteiger partial charge in [0.25, 0.3) is 5.91 Å². The van der Waals surface area contributed by atoms with E-state index in [-0.39, 0.29) is 29.5 Å². The normalized spacial score (nSPS) is 15.2. The minimum absolute atomic E-state index is 0.0378. The molecule has 0 spiro atoms. The molecule has 0 saturated carbocycles. The number of nitrogens with zero attached hydrogens (tertiary/aromatic N) is 1. The average Bonchev–Trinajstić information content (AvgIpc) is 3.08. The van der Waals surface area contributed by atoms with Crippen molar-refractivity contribution in [2.75, 3.05) is 6.61 Å². The van der Waals surface area contributed by atoms with Gasteiger partial charge in [0.05, 0.1) is 23.6 Å². The molecule has 5 nitrogen and oxygen atoms in total. The van der Waals surface area contributed by atoms with Gasteiger partial charge in [-0.3, -0.25) is 9.59 Å². The lowest BCUT2D eigenvalue weighted by atomic mass is 9.98. The fourth-order valence-corrected chi connectivity index (χ4v) is 4.56. The maximum Gasteiger partial charge on any atom is 0.291 e. The summed E-state index contributed by atoms with van der Waals surface area (Å²) >= 11 is 3.40. The van der Waals surface area contributed by atoms with Gasteiger partial charge < -0.3 is 14.1 Å². The number of amides is 1. The largest absolute Gasteiger partial charge is 0.494 e. The van der Waals surface area contributed by atoms with Gasteiger partial charge >= 0.3 is 0 Å². The molecule has 1 aliphatic rings. The molecule has 0 N–H and O–H groups in total. The molecule has 1 atom stereocenters. The van der Waals surface area contributed by atoms with Crippen LogP contribution < -0.4 is 10.2 Å². The minimum Gasteiger partial charge on any atom is -0.494 e. The molecule has 0 fully saturated rings. The van der Waals surface area contributed by atoms with Gasteiger partial charge in [0.1, 0.15) is 17.1 Å². The fraction of sp³-hybridized carbons (Fsp3) is 0.154. The first kappa shape index (κ1) is 21.4. The van der Waals surface area contributed by atoms with E-state index in [4.69, 9.17) is 9.15 Å². The van der Waals surface area contributed by atoms with Gasteiger partial charge in [0.2, 0.25) is 5.76 Å². The van der Waals surface area contributed by atoms with Crippen molar-refractivity contribution in [1.82, 2.24) is 4.90 Å². The molecule has 0 aliphatic carbocycles. The number of hydrogen-bond acceptors (Lipinski definition) is 4. The van der Waals surface area contributed by atoms with E-state index >= 15 is 0 Å². The van der Waals surface area contributed by atoms with Crippen molar-refractivity contribution in [3.8, 4) is 5.75 Å². The van der Waals surface area contributed by atoms with Gasteiger partial charge in [0, 0.05) is 11.0 Å². The Bertz CT molecular complexity index is 1410. The van der Waals surface area contributed by atoms with Crippen LogP contribution in [0.25, 0.3) is 11.0 Å². The molecular weight excluding hydrogens is 489 g/mol. The second kappa shape index (κ2) is 8.48. The maximum absolute atomic E-state index is 13.6. The molecule has 4 aromatic rings. The molecule has 166 valence electrons. The van der Waals surface area contributed by atoms with Crippen LogP contribution >= 0.6 is 15.9 Å². The zero-order valence-electron chi connectivity index (χ0n) is 17.7. The van der Waals surface area contributed by atoms with E-state index in [2.05, 4.69) is 15.9 Å². The van der Waals surface area contributed by atoms with E-state index in [9.17, 15) is 14.0 Å². The second-order valence-corrected chi connectivity index (χ2v) is 8.69. The van der Waals surface area contributed by atoms with Crippen LogP contribution in [0, 0.1) is 5.82 Å². The summed E-state index contributed by atoms with van der Waals surface area (Å²) in [4.78, 5) is 28.6. The van der Waals surface area contributed by atoms with Gasteiger partial charge in [-0.05, 0) is 60.5 Å². The van der Waals surface area contributed by atoms with Crippen molar-refractivity contribution < 1.29 is 18.3 Å². The Morgan fingerprint density at radius 1 is 1.03 bits per heavy atom.